The Morgan fingerprint density at radius 1 is 0.923 bits per heavy atom. The maximum atomic E-state index is 12.6. The fourth-order valence-corrected chi connectivity index (χ4v) is 2.92. The molecule has 0 bridgehead atoms. The minimum absolute atomic E-state index is 0.283. The zero-order valence-corrected chi connectivity index (χ0v) is 13.9. The Morgan fingerprint density at radius 3 is 2.12 bits per heavy atom. The number of rotatable bonds is 3. The van der Waals surface area contributed by atoms with E-state index in [-0.39, 0.29) is 5.91 Å². The van der Waals surface area contributed by atoms with Crippen molar-refractivity contribution in [3.63, 3.8) is 0 Å². The number of fused-ring (bicyclic) bond motifs is 1. The van der Waals surface area contributed by atoms with E-state index < -0.39 is 17.7 Å². The number of benzene rings is 2. The van der Waals surface area contributed by atoms with Gasteiger partial charge in [0.25, 0.3) is 17.7 Å². The van der Waals surface area contributed by atoms with E-state index in [2.05, 4.69) is 10.2 Å². The van der Waals surface area contributed by atoms with Crippen LogP contribution in [0.15, 0.2) is 64.8 Å². The van der Waals surface area contributed by atoms with Gasteiger partial charge in [-0.25, -0.2) is 0 Å². The lowest BCUT2D eigenvalue weighted by atomic mass is 10.1. The highest BCUT2D eigenvalue weighted by atomic mass is 16.2. The topological polar surface area (TPSA) is 82.4 Å². The summed E-state index contributed by atoms with van der Waals surface area (Å²) in [7, 11) is 0. The van der Waals surface area contributed by atoms with Gasteiger partial charge >= 0.3 is 0 Å². The lowest BCUT2D eigenvalue weighted by Crippen LogP contribution is -2.30. The number of carbonyl (C=O) groups excluding carboxylic acids is 3. The van der Waals surface area contributed by atoms with Crippen LogP contribution in [0.3, 0.4) is 0 Å². The predicted molar refractivity (Wildman–Crippen MR) is 96.0 cm³/mol. The molecule has 3 amide bonds. The first-order valence-corrected chi connectivity index (χ1v) is 8.04. The van der Waals surface area contributed by atoms with Crippen LogP contribution in [0.1, 0.15) is 27.6 Å². The number of nitrogens with zero attached hydrogens (tertiary/aromatic N) is 4. The molecule has 4 rings (SSSR count). The minimum atomic E-state index is -0.723. The van der Waals surface area contributed by atoms with E-state index in [1.54, 1.807) is 43.3 Å². The van der Waals surface area contributed by atoms with Crippen molar-refractivity contribution in [2.75, 3.05) is 5.01 Å². The van der Waals surface area contributed by atoms with Gasteiger partial charge in [0.05, 0.1) is 22.5 Å². The molecule has 0 radical (unpaired) electrons. The summed E-state index contributed by atoms with van der Waals surface area (Å²) >= 11 is 0. The molecular formula is C19H14N4O3. The van der Waals surface area contributed by atoms with Crippen LogP contribution in [0.2, 0.25) is 0 Å². The van der Waals surface area contributed by atoms with Crippen LogP contribution in [-0.2, 0) is 4.79 Å². The van der Waals surface area contributed by atoms with E-state index >= 15 is 0 Å². The molecule has 26 heavy (non-hydrogen) atoms. The van der Waals surface area contributed by atoms with Crippen molar-refractivity contribution < 1.29 is 14.4 Å². The smallest absolute Gasteiger partial charge is 0.271 e. The van der Waals surface area contributed by atoms with Crippen molar-refractivity contribution in [2.45, 2.75) is 6.92 Å². The SMILES string of the molecule is CC1=NN(c2ccccc2)C(=O)[C@H]1/C=N\N1C(=O)c2ccccc2C1=O. The average molecular weight is 346 g/mol. The summed E-state index contributed by atoms with van der Waals surface area (Å²) in [5.41, 5.74) is 1.81. The van der Waals surface area contributed by atoms with Crippen LogP contribution < -0.4 is 5.01 Å². The average Bonchev–Trinajstić information content (AvgIpc) is 3.09. The number of amides is 3. The molecule has 2 aliphatic heterocycles. The highest BCUT2D eigenvalue weighted by Crippen LogP contribution is 2.25. The molecule has 7 nitrogen and oxygen atoms in total. The second-order valence-electron chi connectivity index (χ2n) is 5.94. The van der Waals surface area contributed by atoms with Crippen LogP contribution >= 0.6 is 0 Å². The van der Waals surface area contributed by atoms with Crippen LogP contribution in [0.5, 0.6) is 0 Å². The summed E-state index contributed by atoms with van der Waals surface area (Å²) in [6, 6.07) is 15.6. The molecule has 1 atom stereocenters. The van der Waals surface area contributed by atoms with E-state index in [0.29, 0.717) is 22.5 Å². The second kappa shape index (κ2) is 6.03. The first-order valence-electron chi connectivity index (χ1n) is 8.04. The molecule has 2 aromatic rings. The second-order valence-corrected chi connectivity index (χ2v) is 5.94. The summed E-state index contributed by atoms with van der Waals surface area (Å²) in [5.74, 6) is -2.00. The van der Waals surface area contributed by atoms with Gasteiger partial charge in [0.2, 0.25) is 0 Å². The Hall–Kier alpha value is -3.61. The van der Waals surface area contributed by atoms with Gasteiger partial charge in [0.1, 0.15) is 5.92 Å². The third-order valence-electron chi connectivity index (χ3n) is 4.29. The third-order valence-corrected chi connectivity index (χ3v) is 4.29. The first kappa shape index (κ1) is 15.9. The van der Waals surface area contributed by atoms with Gasteiger partial charge in [-0.3, -0.25) is 14.4 Å². The molecule has 128 valence electrons. The van der Waals surface area contributed by atoms with Gasteiger partial charge in [-0.05, 0) is 31.2 Å². The normalized spacial score (nSPS) is 19.5. The van der Waals surface area contributed by atoms with Crippen molar-refractivity contribution in [1.82, 2.24) is 5.01 Å². The predicted octanol–water partition coefficient (Wildman–Crippen LogP) is 2.31. The van der Waals surface area contributed by atoms with Gasteiger partial charge in [-0.2, -0.15) is 20.2 Å². The maximum absolute atomic E-state index is 12.6. The first-order chi connectivity index (χ1) is 12.6. The van der Waals surface area contributed by atoms with E-state index in [0.717, 1.165) is 5.01 Å². The van der Waals surface area contributed by atoms with Crippen molar-refractivity contribution in [3.8, 4) is 0 Å². The highest BCUT2D eigenvalue weighted by Gasteiger charge is 2.37. The van der Waals surface area contributed by atoms with Crippen LogP contribution in [0, 0.1) is 5.92 Å². The fourth-order valence-electron chi connectivity index (χ4n) is 2.92. The Bertz CT molecular complexity index is 946. The molecule has 0 spiro atoms. The number of para-hydroxylation sites is 1. The van der Waals surface area contributed by atoms with Crippen LogP contribution in [0.25, 0.3) is 0 Å². The van der Waals surface area contributed by atoms with E-state index in [4.69, 9.17) is 0 Å². The molecular weight excluding hydrogens is 332 g/mol. The molecule has 0 N–H and O–H groups in total. The maximum Gasteiger partial charge on any atom is 0.282 e. The molecule has 0 saturated carbocycles. The molecule has 2 heterocycles. The molecule has 0 saturated heterocycles. The van der Waals surface area contributed by atoms with Gasteiger partial charge in [0, 0.05) is 6.21 Å². The third kappa shape index (κ3) is 2.41. The zero-order chi connectivity index (χ0) is 18.3. The standard InChI is InChI=1S/C19H14N4O3/c1-12-16(19(26)22(21-12)13-7-3-2-4-8-13)11-20-23-17(24)14-9-5-6-10-15(14)18(23)25/h2-11,16H,1H3/b20-11-/t16-/m0/s1. The van der Waals surface area contributed by atoms with Crippen molar-refractivity contribution in [3.05, 3.63) is 65.7 Å². The number of hydrogen-bond acceptors (Lipinski definition) is 5. The number of anilines is 1. The summed E-state index contributed by atoms with van der Waals surface area (Å²) in [6.45, 7) is 1.71. The Balaban J connectivity index is 1.57. The van der Waals surface area contributed by atoms with Crippen molar-refractivity contribution in [2.24, 2.45) is 16.1 Å². The number of hydrazone groups is 2. The Kier molecular flexibility index (Phi) is 3.69. The van der Waals surface area contributed by atoms with Crippen LogP contribution in [0.4, 0.5) is 5.69 Å². The summed E-state index contributed by atoms with van der Waals surface area (Å²) in [4.78, 5) is 37.3. The Labute approximate surface area is 149 Å². The lowest BCUT2D eigenvalue weighted by molar-refractivity contribution is -0.118. The fraction of sp³-hybridized carbons (Fsp3) is 0.105. The summed E-state index contributed by atoms with van der Waals surface area (Å²) in [6.07, 6.45) is 1.30. The highest BCUT2D eigenvalue weighted by molar-refractivity contribution is 6.25. The number of carbonyl (C=O) groups is 3. The molecule has 0 unspecified atom stereocenters. The zero-order valence-electron chi connectivity index (χ0n) is 13.9. The van der Waals surface area contributed by atoms with Gasteiger partial charge < -0.3 is 0 Å². The van der Waals surface area contributed by atoms with Crippen molar-refractivity contribution in [1.29, 1.82) is 0 Å². The van der Waals surface area contributed by atoms with Crippen molar-refractivity contribution >= 4 is 35.3 Å². The van der Waals surface area contributed by atoms with Gasteiger partial charge in [-0.1, -0.05) is 30.3 Å². The van der Waals surface area contributed by atoms with E-state index in [1.165, 1.54) is 11.2 Å². The monoisotopic (exact) mass is 346 g/mol. The quantitative estimate of drug-likeness (QED) is 0.632. The number of hydrogen-bond donors (Lipinski definition) is 0. The van der Waals surface area contributed by atoms with E-state index in [9.17, 15) is 14.4 Å². The molecule has 2 aliphatic rings. The molecule has 0 aliphatic carbocycles. The van der Waals surface area contributed by atoms with Gasteiger partial charge in [0.15, 0.2) is 0 Å². The molecule has 0 aromatic heterocycles. The van der Waals surface area contributed by atoms with E-state index in [1.807, 2.05) is 18.2 Å². The molecule has 0 fully saturated rings. The number of imide groups is 1. The lowest BCUT2D eigenvalue weighted by Gasteiger charge is -2.12. The minimum Gasteiger partial charge on any atom is -0.271 e. The van der Waals surface area contributed by atoms with Gasteiger partial charge in [-0.15, -0.1) is 0 Å². The summed E-state index contributed by atoms with van der Waals surface area (Å²) in [5, 5.41) is 10.3. The largest absolute Gasteiger partial charge is 0.282 e. The Morgan fingerprint density at radius 2 is 1.50 bits per heavy atom. The molecule has 7 heteroatoms. The summed E-state index contributed by atoms with van der Waals surface area (Å²) < 4.78 is 0. The van der Waals surface area contributed by atoms with Crippen LogP contribution in [-0.4, -0.2) is 34.7 Å². The molecule has 2 aromatic carbocycles.